The zero-order valence-corrected chi connectivity index (χ0v) is 10.3. The highest BCUT2D eigenvalue weighted by atomic mass is 32.2. The summed E-state index contributed by atoms with van der Waals surface area (Å²) in [6.07, 6.45) is 1.17. The van der Waals surface area contributed by atoms with Gasteiger partial charge in [-0.15, -0.1) is 5.10 Å². The third kappa shape index (κ3) is 4.15. The molecule has 7 nitrogen and oxygen atoms in total. The maximum atomic E-state index is 11.0. The van der Waals surface area contributed by atoms with E-state index >= 15 is 0 Å². The molecular weight excluding hydrogens is 232 g/mol. The van der Waals surface area contributed by atoms with Gasteiger partial charge >= 0.3 is 6.01 Å². The minimum Gasteiger partial charge on any atom is -0.406 e. The van der Waals surface area contributed by atoms with Crippen LogP contribution in [-0.4, -0.2) is 36.7 Å². The number of aromatic nitrogens is 2. The zero-order chi connectivity index (χ0) is 12.3. The minimum absolute atomic E-state index is 0.00287. The Kier molecular flexibility index (Phi) is 3.87. The smallest absolute Gasteiger partial charge is 0.315 e. The summed E-state index contributed by atoms with van der Waals surface area (Å²) in [7, 11) is -3.03. The number of anilines is 1. The second kappa shape index (κ2) is 4.79. The lowest BCUT2D eigenvalue weighted by Gasteiger charge is -2.09. The first kappa shape index (κ1) is 12.9. The van der Waals surface area contributed by atoms with Gasteiger partial charge in [-0.25, -0.2) is 8.42 Å². The van der Waals surface area contributed by atoms with Gasteiger partial charge in [0, 0.05) is 12.3 Å². The maximum Gasteiger partial charge on any atom is 0.315 e. The highest BCUT2D eigenvalue weighted by molar-refractivity contribution is 7.90. The van der Waals surface area contributed by atoms with Crippen molar-refractivity contribution in [2.24, 2.45) is 5.73 Å². The topological polar surface area (TPSA) is 111 Å². The van der Waals surface area contributed by atoms with E-state index in [2.05, 4.69) is 15.5 Å². The molecule has 0 aliphatic heterocycles. The Labute approximate surface area is 94.3 Å². The quantitative estimate of drug-likeness (QED) is 0.750. The second-order valence-electron chi connectivity index (χ2n) is 3.87. The van der Waals surface area contributed by atoms with Gasteiger partial charge in [0.25, 0.3) is 0 Å². The number of hydrogen-bond acceptors (Lipinski definition) is 7. The van der Waals surface area contributed by atoms with Gasteiger partial charge in [0.15, 0.2) is 0 Å². The Morgan fingerprint density at radius 3 is 2.50 bits per heavy atom. The Balaban J connectivity index is 2.59. The van der Waals surface area contributed by atoms with Crippen LogP contribution in [-0.2, 0) is 9.84 Å². The molecule has 0 saturated carbocycles. The molecule has 1 aromatic heterocycles. The molecular formula is C8H16N4O3S. The molecule has 0 fully saturated rings. The first-order valence-corrected chi connectivity index (χ1v) is 6.87. The third-order valence-electron chi connectivity index (χ3n) is 1.75. The second-order valence-corrected chi connectivity index (χ2v) is 6.06. The molecule has 16 heavy (non-hydrogen) atoms. The minimum atomic E-state index is -3.03. The summed E-state index contributed by atoms with van der Waals surface area (Å²) in [6.45, 7) is 3.44. The van der Waals surface area contributed by atoms with Crippen molar-refractivity contribution >= 4 is 15.9 Å². The largest absolute Gasteiger partial charge is 0.406 e. The predicted octanol–water partition coefficient (Wildman–Crippen LogP) is -0.0657. The number of sulfone groups is 1. The van der Waals surface area contributed by atoms with Gasteiger partial charge < -0.3 is 15.5 Å². The monoisotopic (exact) mass is 248 g/mol. The van der Waals surface area contributed by atoms with Gasteiger partial charge in [-0.1, -0.05) is 5.10 Å². The van der Waals surface area contributed by atoms with Gasteiger partial charge in [-0.3, -0.25) is 0 Å². The van der Waals surface area contributed by atoms with Crippen molar-refractivity contribution in [2.75, 3.05) is 17.3 Å². The molecule has 0 amide bonds. The van der Waals surface area contributed by atoms with E-state index in [4.69, 9.17) is 10.2 Å². The van der Waals surface area contributed by atoms with Crippen LogP contribution < -0.4 is 11.1 Å². The van der Waals surface area contributed by atoms with Crippen molar-refractivity contribution < 1.29 is 12.8 Å². The van der Waals surface area contributed by atoms with Crippen molar-refractivity contribution in [1.29, 1.82) is 0 Å². The summed E-state index contributed by atoms with van der Waals surface area (Å²) in [6, 6.07) is -0.451. The summed E-state index contributed by atoms with van der Waals surface area (Å²) in [5.41, 5.74) is 5.54. The number of rotatable bonds is 5. The van der Waals surface area contributed by atoms with E-state index in [1.807, 2.05) is 0 Å². The Morgan fingerprint density at radius 1 is 1.44 bits per heavy atom. The van der Waals surface area contributed by atoms with E-state index < -0.39 is 9.84 Å². The van der Waals surface area contributed by atoms with E-state index in [0.29, 0.717) is 5.89 Å². The van der Waals surface area contributed by atoms with E-state index in [9.17, 15) is 8.42 Å². The first-order chi connectivity index (χ1) is 7.28. The van der Waals surface area contributed by atoms with Crippen molar-refractivity contribution in [3.8, 4) is 0 Å². The molecule has 0 aliphatic carbocycles. The molecule has 8 heteroatoms. The van der Waals surface area contributed by atoms with Crippen LogP contribution in [0.2, 0.25) is 0 Å². The normalized spacial score (nSPS) is 15.8. The number of hydrogen-bond donors (Lipinski definition) is 2. The maximum absolute atomic E-state index is 11.0. The van der Waals surface area contributed by atoms with Crippen molar-refractivity contribution in [3.05, 3.63) is 5.89 Å². The molecule has 3 N–H and O–H groups in total. The Morgan fingerprint density at radius 2 is 2.06 bits per heavy atom. The molecule has 0 aliphatic rings. The van der Waals surface area contributed by atoms with Crippen LogP contribution in [0.25, 0.3) is 0 Å². The molecule has 2 atom stereocenters. The van der Waals surface area contributed by atoms with Gasteiger partial charge in [0.2, 0.25) is 5.89 Å². The fourth-order valence-corrected chi connectivity index (χ4v) is 2.18. The van der Waals surface area contributed by atoms with Crippen LogP contribution in [0, 0.1) is 0 Å². The van der Waals surface area contributed by atoms with Crippen LogP contribution in [0.4, 0.5) is 6.01 Å². The highest BCUT2D eigenvalue weighted by Gasteiger charge is 2.14. The molecule has 1 heterocycles. The Bertz CT molecular complexity index is 440. The molecule has 2 unspecified atom stereocenters. The van der Waals surface area contributed by atoms with Crippen LogP contribution >= 0.6 is 0 Å². The number of nitrogens with zero attached hydrogens (tertiary/aromatic N) is 2. The van der Waals surface area contributed by atoms with E-state index in [1.54, 1.807) is 13.8 Å². The lowest BCUT2D eigenvalue weighted by Crippen LogP contribution is -2.25. The van der Waals surface area contributed by atoms with Gasteiger partial charge in [-0.2, -0.15) is 0 Å². The highest BCUT2D eigenvalue weighted by Crippen LogP contribution is 2.12. The molecule has 0 spiro atoms. The van der Waals surface area contributed by atoms with Crippen molar-refractivity contribution in [1.82, 2.24) is 10.2 Å². The third-order valence-corrected chi connectivity index (χ3v) is 2.86. The lowest BCUT2D eigenvalue weighted by atomic mass is 10.4. The average molecular weight is 248 g/mol. The molecule has 0 bridgehead atoms. The molecule has 0 aromatic carbocycles. The summed E-state index contributed by atoms with van der Waals surface area (Å²) in [5, 5.41) is 10.2. The van der Waals surface area contributed by atoms with Crippen molar-refractivity contribution in [2.45, 2.75) is 25.9 Å². The summed E-state index contributed by atoms with van der Waals surface area (Å²) < 4.78 is 27.2. The fraction of sp³-hybridized carbons (Fsp3) is 0.750. The van der Waals surface area contributed by atoms with Crippen molar-refractivity contribution in [3.63, 3.8) is 0 Å². The van der Waals surface area contributed by atoms with Crippen LogP contribution in [0.5, 0.6) is 0 Å². The van der Waals surface area contributed by atoms with E-state index in [0.717, 1.165) is 0 Å². The summed E-state index contributed by atoms with van der Waals surface area (Å²) >= 11 is 0. The van der Waals surface area contributed by atoms with Crippen LogP contribution in [0.1, 0.15) is 25.8 Å². The zero-order valence-electron chi connectivity index (χ0n) is 9.47. The number of nitrogens with two attached hydrogens (primary N) is 1. The van der Waals surface area contributed by atoms with E-state index in [-0.39, 0.29) is 23.9 Å². The van der Waals surface area contributed by atoms with Crippen LogP contribution in [0.3, 0.4) is 0 Å². The summed E-state index contributed by atoms with van der Waals surface area (Å²) in [4.78, 5) is 0. The standard InChI is InChI=1S/C8H16N4O3S/c1-5(4-16(3,13)14)10-8-12-11-7(15-8)6(2)9/h5-6H,4,9H2,1-3H3,(H,10,12). The van der Waals surface area contributed by atoms with Gasteiger partial charge in [0.05, 0.1) is 11.8 Å². The van der Waals surface area contributed by atoms with E-state index in [1.165, 1.54) is 6.26 Å². The molecule has 92 valence electrons. The van der Waals surface area contributed by atoms with Gasteiger partial charge in [0.1, 0.15) is 9.84 Å². The molecule has 0 saturated heterocycles. The predicted molar refractivity (Wildman–Crippen MR) is 59.7 cm³/mol. The van der Waals surface area contributed by atoms with Gasteiger partial charge in [-0.05, 0) is 13.8 Å². The molecule has 0 radical (unpaired) electrons. The fourth-order valence-electron chi connectivity index (χ4n) is 1.18. The Hall–Kier alpha value is -1.15. The summed E-state index contributed by atoms with van der Waals surface area (Å²) in [5.74, 6) is 0.317. The molecule has 1 aromatic rings. The average Bonchev–Trinajstić information content (AvgIpc) is 2.48. The lowest BCUT2D eigenvalue weighted by molar-refractivity contribution is 0.470. The molecule has 1 rings (SSSR count). The van der Waals surface area contributed by atoms with Crippen LogP contribution in [0.15, 0.2) is 4.42 Å². The first-order valence-electron chi connectivity index (χ1n) is 4.81. The number of nitrogens with one attached hydrogen (secondary N) is 1. The SMILES string of the molecule is CC(CS(C)(=O)=O)Nc1nnc(C(C)N)o1.